The van der Waals surface area contributed by atoms with Gasteiger partial charge in [0, 0.05) is 5.56 Å². The average Bonchev–Trinajstić information content (AvgIpc) is 2.63. The molecule has 0 unspecified atom stereocenters. The molecule has 2 aromatic carbocycles. The van der Waals surface area contributed by atoms with Crippen LogP contribution in [0.5, 0.6) is 0 Å². The van der Waals surface area contributed by atoms with Gasteiger partial charge in [-0.05, 0) is 26.0 Å². The van der Waals surface area contributed by atoms with Crippen molar-refractivity contribution in [2.45, 2.75) is 13.8 Å². The number of nitrogens with zero attached hydrogens (tertiary/aromatic N) is 2. The number of aryl methyl sites for hydroxylation is 1. The first kappa shape index (κ1) is 18.1. The number of aliphatic hydroxyl groups is 1. The summed E-state index contributed by atoms with van der Waals surface area (Å²) in [6.07, 6.45) is 0. The minimum absolute atomic E-state index is 0.0406. The fraction of sp³-hybridized carbons (Fsp3) is 0.158. The van der Waals surface area contributed by atoms with Crippen molar-refractivity contribution in [1.29, 1.82) is 0 Å². The van der Waals surface area contributed by atoms with E-state index in [-0.39, 0.29) is 6.61 Å². The summed E-state index contributed by atoms with van der Waals surface area (Å²) in [7, 11) is 0. The van der Waals surface area contributed by atoms with Crippen LogP contribution in [-0.2, 0) is 14.3 Å². The molecule has 0 radical (unpaired) electrons. The maximum absolute atomic E-state index is 12.3. The number of carbonyl (C=O) groups excluding carboxylic acids is 2. The molecule has 1 N–H and O–H groups in total. The van der Waals surface area contributed by atoms with Gasteiger partial charge in [-0.15, -0.1) is 5.11 Å². The summed E-state index contributed by atoms with van der Waals surface area (Å²) in [6, 6.07) is 15.5. The summed E-state index contributed by atoms with van der Waals surface area (Å²) in [4.78, 5) is 24.1. The van der Waals surface area contributed by atoms with E-state index in [1.54, 1.807) is 55.5 Å². The Kier molecular flexibility index (Phi) is 6.17. The van der Waals surface area contributed by atoms with E-state index < -0.39 is 23.2 Å². The number of azo groups is 1. The largest absolute Gasteiger partial charge is 0.505 e. The van der Waals surface area contributed by atoms with Gasteiger partial charge in [0.1, 0.15) is 0 Å². The third-order valence-corrected chi connectivity index (χ3v) is 3.25. The van der Waals surface area contributed by atoms with Crippen LogP contribution in [-0.4, -0.2) is 23.5 Å². The molecule has 0 spiro atoms. The number of carbonyl (C=O) groups is 2. The van der Waals surface area contributed by atoms with E-state index >= 15 is 0 Å². The van der Waals surface area contributed by atoms with Crippen molar-refractivity contribution < 1.29 is 19.4 Å². The lowest BCUT2D eigenvalue weighted by molar-refractivity contribution is -0.151. The topological polar surface area (TPSA) is 88.3 Å². The van der Waals surface area contributed by atoms with Crippen molar-refractivity contribution in [2.75, 3.05) is 6.61 Å². The Bertz CT molecular complexity index is 809. The number of Topliss-reactive ketones (excluding diaryl/α,β-unsaturated/α-hetero) is 1. The van der Waals surface area contributed by atoms with E-state index in [2.05, 4.69) is 10.2 Å². The van der Waals surface area contributed by atoms with Gasteiger partial charge in [0.25, 0.3) is 5.78 Å². The number of ether oxygens (including phenoxy) is 1. The standard InChI is InChI=1S/C19H18N2O4/c1-3-25-19(24)18(23)16(21-20-15-7-5-4-6-8-15)17(22)14-11-9-13(2)10-12-14/h4-12,22H,3H2,1-2H3/b17-16+,21-20?. The normalized spacial score (nSPS) is 11.9. The molecular formula is C19H18N2O4. The van der Waals surface area contributed by atoms with Crippen LogP contribution in [0.1, 0.15) is 18.1 Å². The molecule has 0 aromatic heterocycles. The fourth-order valence-corrected chi connectivity index (χ4v) is 1.94. The first-order valence-electron chi connectivity index (χ1n) is 7.71. The van der Waals surface area contributed by atoms with Crippen molar-refractivity contribution in [3.05, 3.63) is 71.4 Å². The highest BCUT2D eigenvalue weighted by atomic mass is 16.5. The van der Waals surface area contributed by atoms with Crippen LogP contribution >= 0.6 is 0 Å². The maximum atomic E-state index is 12.3. The van der Waals surface area contributed by atoms with Crippen molar-refractivity contribution in [3.63, 3.8) is 0 Å². The molecule has 0 heterocycles. The highest BCUT2D eigenvalue weighted by molar-refractivity contribution is 6.41. The van der Waals surface area contributed by atoms with Gasteiger partial charge < -0.3 is 9.84 Å². The molecule has 2 rings (SSSR count). The monoisotopic (exact) mass is 338 g/mol. The van der Waals surface area contributed by atoms with E-state index in [1.807, 2.05) is 13.0 Å². The highest BCUT2D eigenvalue weighted by Crippen LogP contribution is 2.21. The Morgan fingerprint density at radius 3 is 2.28 bits per heavy atom. The summed E-state index contributed by atoms with van der Waals surface area (Å²) >= 11 is 0. The van der Waals surface area contributed by atoms with E-state index in [0.717, 1.165) is 5.56 Å². The van der Waals surface area contributed by atoms with Crippen LogP contribution < -0.4 is 0 Å². The van der Waals surface area contributed by atoms with Crippen molar-refractivity contribution in [1.82, 2.24) is 0 Å². The van der Waals surface area contributed by atoms with Gasteiger partial charge >= 0.3 is 5.97 Å². The van der Waals surface area contributed by atoms with Gasteiger partial charge in [-0.1, -0.05) is 48.0 Å². The Morgan fingerprint density at radius 1 is 1.04 bits per heavy atom. The van der Waals surface area contributed by atoms with Crippen LogP contribution in [0, 0.1) is 6.92 Å². The predicted molar refractivity (Wildman–Crippen MR) is 93.3 cm³/mol. The maximum Gasteiger partial charge on any atom is 0.381 e. The van der Waals surface area contributed by atoms with Gasteiger partial charge in [0.05, 0.1) is 12.3 Å². The highest BCUT2D eigenvalue weighted by Gasteiger charge is 2.25. The number of rotatable bonds is 6. The Labute approximate surface area is 145 Å². The van der Waals surface area contributed by atoms with Crippen molar-refractivity contribution >= 4 is 23.2 Å². The quantitative estimate of drug-likeness (QED) is 0.282. The SMILES string of the molecule is CCOC(=O)C(=O)/C(N=Nc1ccccc1)=C(\O)c1ccc(C)cc1. The van der Waals surface area contributed by atoms with Gasteiger partial charge in [-0.3, -0.25) is 4.79 Å². The van der Waals surface area contributed by atoms with E-state index in [9.17, 15) is 14.7 Å². The van der Waals surface area contributed by atoms with Gasteiger partial charge in [0.15, 0.2) is 11.5 Å². The third-order valence-electron chi connectivity index (χ3n) is 3.25. The third kappa shape index (κ3) is 4.84. The lowest BCUT2D eigenvalue weighted by Crippen LogP contribution is -2.19. The molecule has 0 saturated carbocycles. The minimum Gasteiger partial charge on any atom is -0.505 e. The molecule has 0 aliphatic rings. The molecular weight excluding hydrogens is 320 g/mol. The summed E-state index contributed by atoms with van der Waals surface area (Å²) in [6.45, 7) is 3.52. The minimum atomic E-state index is -1.09. The molecule has 25 heavy (non-hydrogen) atoms. The van der Waals surface area contributed by atoms with Gasteiger partial charge in [-0.2, -0.15) is 5.11 Å². The Hall–Kier alpha value is -3.28. The summed E-state index contributed by atoms with van der Waals surface area (Å²) < 4.78 is 4.71. The van der Waals surface area contributed by atoms with Crippen LogP contribution in [0.2, 0.25) is 0 Å². The Balaban J connectivity index is 2.45. The summed E-state index contributed by atoms with van der Waals surface area (Å²) in [5.74, 6) is -2.58. The molecule has 0 amide bonds. The Morgan fingerprint density at radius 2 is 1.68 bits per heavy atom. The molecule has 0 fully saturated rings. The van der Waals surface area contributed by atoms with Gasteiger partial charge in [0.2, 0.25) is 0 Å². The number of hydrogen-bond acceptors (Lipinski definition) is 6. The van der Waals surface area contributed by atoms with Crippen molar-refractivity contribution in [2.24, 2.45) is 10.2 Å². The molecule has 6 nitrogen and oxygen atoms in total. The number of aliphatic hydroxyl groups excluding tert-OH is 1. The zero-order valence-corrected chi connectivity index (χ0v) is 14.0. The molecule has 128 valence electrons. The van der Waals surface area contributed by atoms with E-state index in [0.29, 0.717) is 11.3 Å². The molecule has 0 atom stereocenters. The molecule has 6 heteroatoms. The molecule has 2 aromatic rings. The second kappa shape index (κ2) is 8.54. The molecule has 0 aliphatic carbocycles. The molecule has 0 bridgehead atoms. The summed E-state index contributed by atoms with van der Waals surface area (Å²) in [5.41, 5.74) is 1.35. The number of benzene rings is 2. The zero-order chi connectivity index (χ0) is 18.2. The first-order chi connectivity index (χ1) is 12.0. The number of hydrogen-bond donors (Lipinski definition) is 1. The van der Waals surface area contributed by atoms with Crippen LogP contribution in [0.15, 0.2) is 70.5 Å². The summed E-state index contributed by atoms with van der Waals surface area (Å²) in [5, 5.41) is 18.1. The predicted octanol–water partition coefficient (Wildman–Crippen LogP) is 4.14. The zero-order valence-electron chi connectivity index (χ0n) is 14.0. The molecule has 0 saturated heterocycles. The van der Waals surface area contributed by atoms with E-state index in [1.165, 1.54) is 0 Å². The smallest absolute Gasteiger partial charge is 0.381 e. The number of ketones is 1. The van der Waals surface area contributed by atoms with Crippen LogP contribution in [0.3, 0.4) is 0 Å². The average molecular weight is 338 g/mol. The second-order valence-corrected chi connectivity index (χ2v) is 5.15. The lowest BCUT2D eigenvalue weighted by atomic mass is 10.1. The van der Waals surface area contributed by atoms with Crippen LogP contribution in [0.25, 0.3) is 5.76 Å². The fourth-order valence-electron chi connectivity index (χ4n) is 1.94. The second-order valence-electron chi connectivity index (χ2n) is 5.15. The van der Waals surface area contributed by atoms with E-state index in [4.69, 9.17) is 4.74 Å². The molecule has 0 aliphatic heterocycles. The van der Waals surface area contributed by atoms with Crippen molar-refractivity contribution in [3.8, 4) is 0 Å². The van der Waals surface area contributed by atoms with Crippen LogP contribution in [0.4, 0.5) is 5.69 Å². The first-order valence-corrected chi connectivity index (χ1v) is 7.71. The van der Waals surface area contributed by atoms with Gasteiger partial charge in [-0.25, -0.2) is 4.79 Å². The lowest BCUT2D eigenvalue weighted by Gasteiger charge is -2.06. The number of esters is 1.